The Bertz CT molecular complexity index is 741. The maximum Gasteiger partial charge on any atom is 0.491 e. The third-order valence-electron chi connectivity index (χ3n) is 4.91. The predicted octanol–water partition coefficient (Wildman–Crippen LogP) is 5.31. The minimum Gasteiger partial charge on any atom is -0.400 e. The topological polar surface area (TPSA) is 35.5 Å². The average molecular weight is 400 g/mol. The largest absolute Gasteiger partial charge is 0.491 e. The SMILES string of the molecule is CC(=O)SCC(=Cc1ccc(C(F)(F)F)c(C)c1)B1OC(C)(C)C(C)(C)O1. The fraction of sp³-hybridized carbons (Fsp3) is 0.526. The van der Waals surface area contributed by atoms with E-state index in [0.29, 0.717) is 16.8 Å². The zero-order valence-electron chi connectivity index (χ0n) is 16.4. The first-order valence-corrected chi connectivity index (χ1v) is 9.59. The normalized spacial score (nSPS) is 19.4. The third-order valence-corrected chi connectivity index (χ3v) is 5.79. The van der Waals surface area contributed by atoms with Gasteiger partial charge in [0.1, 0.15) is 0 Å². The number of alkyl halides is 3. The summed E-state index contributed by atoms with van der Waals surface area (Å²) in [4.78, 5) is 11.4. The number of carbonyl (C=O) groups is 1. The summed E-state index contributed by atoms with van der Waals surface area (Å²) in [6.07, 6.45) is -2.64. The molecule has 0 unspecified atom stereocenters. The Morgan fingerprint density at radius 2 is 1.74 bits per heavy atom. The van der Waals surface area contributed by atoms with Crippen LogP contribution in [-0.4, -0.2) is 29.2 Å². The lowest BCUT2D eigenvalue weighted by atomic mass is 9.78. The number of thioether (sulfide) groups is 1. The minimum atomic E-state index is -4.38. The molecule has 3 nitrogen and oxygen atoms in total. The lowest BCUT2D eigenvalue weighted by molar-refractivity contribution is -0.138. The molecular formula is C19H24BF3O3S. The summed E-state index contributed by atoms with van der Waals surface area (Å²) >= 11 is 1.11. The lowest BCUT2D eigenvalue weighted by Gasteiger charge is -2.32. The predicted molar refractivity (Wildman–Crippen MR) is 103 cm³/mol. The molecule has 1 aliphatic heterocycles. The van der Waals surface area contributed by atoms with Gasteiger partial charge in [-0.25, -0.2) is 0 Å². The van der Waals surface area contributed by atoms with Gasteiger partial charge in [0.05, 0.1) is 16.8 Å². The summed E-state index contributed by atoms with van der Waals surface area (Å²) in [7, 11) is -0.663. The van der Waals surface area contributed by atoms with Crippen molar-refractivity contribution >= 4 is 30.1 Å². The van der Waals surface area contributed by atoms with Crippen LogP contribution in [0.4, 0.5) is 13.2 Å². The van der Waals surface area contributed by atoms with Crippen LogP contribution in [0.25, 0.3) is 6.08 Å². The summed E-state index contributed by atoms with van der Waals surface area (Å²) in [5.74, 6) is 0.340. The molecule has 0 saturated carbocycles. The summed E-state index contributed by atoms with van der Waals surface area (Å²) in [6, 6.07) is 3.97. The number of aryl methyl sites for hydroxylation is 1. The number of halogens is 3. The fourth-order valence-corrected chi connectivity index (χ4v) is 3.26. The molecule has 1 heterocycles. The van der Waals surface area contributed by atoms with Crippen LogP contribution < -0.4 is 0 Å². The van der Waals surface area contributed by atoms with E-state index >= 15 is 0 Å². The standard InChI is InChI=1S/C19H24BF3O3S/c1-12-9-14(7-8-16(12)19(21,22)23)10-15(11-27-13(2)24)20-25-17(3,4)18(5,6)26-20/h7-10H,11H2,1-6H3. The van der Waals surface area contributed by atoms with E-state index in [-0.39, 0.29) is 10.7 Å². The van der Waals surface area contributed by atoms with Crippen molar-refractivity contribution in [3.8, 4) is 0 Å². The number of carbonyl (C=O) groups excluding carboxylic acids is 1. The van der Waals surface area contributed by atoms with Gasteiger partial charge >= 0.3 is 13.3 Å². The quantitative estimate of drug-likeness (QED) is 0.642. The smallest absolute Gasteiger partial charge is 0.400 e. The van der Waals surface area contributed by atoms with Gasteiger partial charge < -0.3 is 9.31 Å². The Morgan fingerprint density at radius 1 is 1.19 bits per heavy atom. The Hall–Kier alpha value is -1.25. The van der Waals surface area contributed by atoms with E-state index in [9.17, 15) is 18.0 Å². The second kappa shape index (κ2) is 7.64. The minimum absolute atomic E-state index is 0.0546. The monoisotopic (exact) mass is 400 g/mol. The van der Waals surface area contributed by atoms with E-state index in [2.05, 4.69) is 0 Å². The van der Waals surface area contributed by atoms with E-state index < -0.39 is 30.1 Å². The van der Waals surface area contributed by atoms with Crippen LogP contribution in [0.5, 0.6) is 0 Å². The number of benzene rings is 1. The van der Waals surface area contributed by atoms with Gasteiger partial charge in [-0.15, -0.1) is 0 Å². The maximum atomic E-state index is 13.0. The molecular weight excluding hydrogens is 376 g/mol. The molecule has 0 aliphatic carbocycles. The first-order valence-electron chi connectivity index (χ1n) is 8.60. The van der Waals surface area contributed by atoms with Crippen molar-refractivity contribution in [2.24, 2.45) is 0 Å². The molecule has 1 aliphatic rings. The third kappa shape index (κ3) is 5.18. The van der Waals surface area contributed by atoms with Crippen LogP contribution in [0.1, 0.15) is 51.3 Å². The molecule has 1 saturated heterocycles. The van der Waals surface area contributed by atoms with Gasteiger partial charge in [0.15, 0.2) is 5.12 Å². The molecule has 0 amide bonds. The molecule has 1 aromatic carbocycles. The summed E-state index contributed by atoms with van der Waals surface area (Å²) in [5.41, 5.74) is -0.303. The lowest BCUT2D eigenvalue weighted by Crippen LogP contribution is -2.41. The van der Waals surface area contributed by atoms with Crippen molar-refractivity contribution in [3.63, 3.8) is 0 Å². The fourth-order valence-electron chi connectivity index (χ4n) is 2.67. The summed E-state index contributed by atoms with van der Waals surface area (Å²) in [5, 5.41) is -0.0546. The molecule has 27 heavy (non-hydrogen) atoms. The van der Waals surface area contributed by atoms with Gasteiger partial charge in [-0.05, 0) is 57.3 Å². The molecule has 0 radical (unpaired) electrons. The Kier molecular flexibility index (Phi) is 6.24. The Balaban J connectivity index is 2.37. The van der Waals surface area contributed by atoms with Gasteiger partial charge in [0, 0.05) is 12.7 Å². The highest BCUT2D eigenvalue weighted by Crippen LogP contribution is 2.39. The summed E-state index contributed by atoms with van der Waals surface area (Å²) < 4.78 is 51.0. The van der Waals surface area contributed by atoms with Gasteiger partial charge in [0.2, 0.25) is 0 Å². The number of rotatable bonds is 4. The van der Waals surface area contributed by atoms with Crippen molar-refractivity contribution in [1.29, 1.82) is 0 Å². The molecule has 1 fully saturated rings. The number of hydrogen-bond acceptors (Lipinski definition) is 4. The van der Waals surface area contributed by atoms with Crippen molar-refractivity contribution in [2.75, 3.05) is 5.75 Å². The zero-order valence-corrected chi connectivity index (χ0v) is 17.2. The van der Waals surface area contributed by atoms with Crippen LogP contribution in [-0.2, 0) is 20.3 Å². The van der Waals surface area contributed by atoms with Crippen LogP contribution in [0, 0.1) is 6.92 Å². The van der Waals surface area contributed by atoms with Crippen LogP contribution in [0.2, 0.25) is 0 Å². The van der Waals surface area contributed by atoms with E-state index in [1.54, 1.807) is 6.08 Å². The van der Waals surface area contributed by atoms with Crippen LogP contribution in [0.15, 0.2) is 23.7 Å². The van der Waals surface area contributed by atoms with Crippen LogP contribution >= 0.6 is 11.8 Å². The van der Waals surface area contributed by atoms with E-state index in [1.807, 2.05) is 27.7 Å². The highest BCUT2D eigenvalue weighted by molar-refractivity contribution is 8.13. The molecule has 0 aromatic heterocycles. The molecule has 1 aromatic rings. The molecule has 8 heteroatoms. The molecule has 0 N–H and O–H groups in total. The van der Waals surface area contributed by atoms with Crippen molar-refractivity contribution in [1.82, 2.24) is 0 Å². The van der Waals surface area contributed by atoms with Gasteiger partial charge in [-0.1, -0.05) is 30.0 Å². The van der Waals surface area contributed by atoms with E-state index in [1.165, 1.54) is 26.0 Å². The Labute approximate surface area is 162 Å². The Morgan fingerprint density at radius 3 is 2.19 bits per heavy atom. The maximum absolute atomic E-state index is 13.0. The highest BCUT2D eigenvalue weighted by Gasteiger charge is 2.52. The highest BCUT2D eigenvalue weighted by atomic mass is 32.2. The second-order valence-electron chi connectivity index (χ2n) is 7.66. The van der Waals surface area contributed by atoms with E-state index in [4.69, 9.17) is 9.31 Å². The van der Waals surface area contributed by atoms with Gasteiger partial charge in [-0.3, -0.25) is 4.79 Å². The van der Waals surface area contributed by atoms with Crippen molar-refractivity contribution in [2.45, 2.75) is 58.9 Å². The van der Waals surface area contributed by atoms with Crippen molar-refractivity contribution in [3.05, 3.63) is 40.4 Å². The van der Waals surface area contributed by atoms with E-state index in [0.717, 1.165) is 17.8 Å². The molecule has 0 atom stereocenters. The van der Waals surface area contributed by atoms with Gasteiger partial charge in [-0.2, -0.15) is 13.2 Å². The van der Waals surface area contributed by atoms with Crippen LogP contribution in [0.3, 0.4) is 0 Å². The van der Waals surface area contributed by atoms with Gasteiger partial charge in [0.25, 0.3) is 0 Å². The summed E-state index contributed by atoms with van der Waals surface area (Å²) in [6.45, 7) is 10.6. The zero-order chi connectivity index (χ0) is 20.6. The molecule has 148 valence electrons. The number of hydrogen-bond donors (Lipinski definition) is 0. The molecule has 2 rings (SSSR count). The molecule has 0 spiro atoms. The second-order valence-corrected chi connectivity index (χ2v) is 8.81. The first kappa shape index (κ1) is 22.0. The average Bonchev–Trinajstić information content (AvgIpc) is 2.70. The first-order chi connectivity index (χ1) is 12.2. The van der Waals surface area contributed by atoms with Crippen molar-refractivity contribution < 1.29 is 27.3 Å². The molecule has 0 bridgehead atoms.